The number of carbonyl (C=O) groups is 2. The molecule has 2 aliphatic heterocycles. The van der Waals surface area contributed by atoms with E-state index < -0.39 is 9.84 Å². The number of amides is 2. The Bertz CT molecular complexity index is 1150. The summed E-state index contributed by atoms with van der Waals surface area (Å²) in [6.07, 6.45) is 4.67. The van der Waals surface area contributed by atoms with Crippen LogP contribution in [-0.2, 0) is 14.6 Å². The summed E-state index contributed by atoms with van der Waals surface area (Å²) in [6.45, 7) is 5.93. The van der Waals surface area contributed by atoms with Gasteiger partial charge in [0, 0.05) is 43.2 Å². The third kappa shape index (κ3) is 6.21. The van der Waals surface area contributed by atoms with E-state index in [1.165, 1.54) is 48.6 Å². The van der Waals surface area contributed by atoms with Crippen LogP contribution in [-0.4, -0.2) is 81.7 Å². The SMILES string of the molecule is CC1CCCN1CCCOc1ccc(N2CCN(C(=O)c3ccc(S(C)(=O)=O)cc3)CC2=O)cc1. The molecule has 1 unspecified atom stereocenters. The van der Waals surface area contributed by atoms with E-state index in [9.17, 15) is 18.0 Å². The largest absolute Gasteiger partial charge is 0.494 e. The van der Waals surface area contributed by atoms with Crippen molar-refractivity contribution in [3.8, 4) is 5.75 Å². The van der Waals surface area contributed by atoms with Crippen molar-refractivity contribution in [2.45, 2.75) is 37.1 Å². The van der Waals surface area contributed by atoms with Gasteiger partial charge in [0.25, 0.3) is 5.91 Å². The molecule has 0 aromatic heterocycles. The lowest BCUT2D eigenvalue weighted by Crippen LogP contribution is -2.52. The molecule has 2 amide bonds. The molecule has 2 aliphatic rings. The van der Waals surface area contributed by atoms with Crippen LogP contribution in [0.15, 0.2) is 53.4 Å². The summed E-state index contributed by atoms with van der Waals surface area (Å²) in [5, 5.41) is 0. The number of nitrogens with zero attached hydrogens (tertiary/aromatic N) is 3. The van der Waals surface area contributed by atoms with E-state index in [4.69, 9.17) is 4.74 Å². The van der Waals surface area contributed by atoms with E-state index in [0.29, 0.717) is 31.3 Å². The molecule has 1 atom stereocenters. The molecule has 2 aromatic rings. The van der Waals surface area contributed by atoms with Crippen LogP contribution in [0.2, 0.25) is 0 Å². The molecule has 2 heterocycles. The second-order valence-electron chi connectivity index (χ2n) is 9.29. The third-order valence-electron chi connectivity index (χ3n) is 6.73. The molecular formula is C26H33N3O5S. The van der Waals surface area contributed by atoms with E-state index >= 15 is 0 Å². The lowest BCUT2D eigenvalue weighted by atomic mass is 10.1. The Morgan fingerprint density at radius 2 is 1.74 bits per heavy atom. The Labute approximate surface area is 207 Å². The highest BCUT2D eigenvalue weighted by atomic mass is 32.2. The number of sulfone groups is 1. The smallest absolute Gasteiger partial charge is 0.254 e. The molecule has 35 heavy (non-hydrogen) atoms. The quantitative estimate of drug-likeness (QED) is 0.519. The number of likely N-dealkylation sites (tertiary alicyclic amines) is 1. The summed E-state index contributed by atoms with van der Waals surface area (Å²) >= 11 is 0. The predicted octanol–water partition coefficient (Wildman–Crippen LogP) is 2.83. The molecular weight excluding hydrogens is 466 g/mol. The molecule has 0 radical (unpaired) electrons. The Kier molecular flexibility index (Phi) is 7.76. The van der Waals surface area contributed by atoms with Crippen molar-refractivity contribution in [3.63, 3.8) is 0 Å². The van der Waals surface area contributed by atoms with Crippen molar-refractivity contribution < 1.29 is 22.7 Å². The van der Waals surface area contributed by atoms with Gasteiger partial charge >= 0.3 is 0 Å². The van der Waals surface area contributed by atoms with Crippen molar-refractivity contribution in [3.05, 3.63) is 54.1 Å². The van der Waals surface area contributed by atoms with E-state index in [-0.39, 0.29) is 23.3 Å². The number of hydrogen-bond acceptors (Lipinski definition) is 6. The van der Waals surface area contributed by atoms with Gasteiger partial charge in [0.15, 0.2) is 9.84 Å². The minimum Gasteiger partial charge on any atom is -0.494 e. The highest BCUT2D eigenvalue weighted by molar-refractivity contribution is 7.90. The zero-order valence-electron chi connectivity index (χ0n) is 20.4. The number of hydrogen-bond donors (Lipinski definition) is 0. The lowest BCUT2D eigenvalue weighted by molar-refractivity contribution is -0.120. The maximum atomic E-state index is 12.8. The molecule has 0 aliphatic carbocycles. The Balaban J connectivity index is 1.27. The second kappa shape index (κ2) is 10.8. The molecule has 0 bridgehead atoms. The van der Waals surface area contributed by atoms with Gasteiger partial charge in [0.2, 0.25) is 5.91 Å². The maximum absolute atomic E-state index is 12.8. The van der Waals surface area contributed by atoms with Crippen molar-refractivity contribution in [1.29, 1.82) is 0 Å². The monoisotopic (exact) mass is 499 g/mol. The van der Waals surface area contributed by atoms with E-state index in [1.54, 1.807) is 4.90 Å². The summed E-state index contributed by atoms with van der Waals surface area (Å²) in [6, 6.07) is 14.0. The molecule has 0 N–H and O–H groups in total. The van der Waals surface area contributed by atoms with Crippen molar-refractivity contribution in [2.75, 3.05) is 50.5 Å². The summed E-state index contributed by atoms with van der Waals surface area (Å²) in [5.74, 6) is 0.331. The second-order valence-corrected chi connectivity index (χ2v) is 11.3. The number of piperazine rings is 1. The van der Waals surface area contributed by atoms with Crippen LogP contribution >= 0.6 is 0 Å². The van der Waals surface area contributed by atoms with Crippen LogP contribution in [0.1, 0.15) is 36.5 Å². The fourth-order valence-electron chi connectivity index (χ4n) is 4.65. The van der Waals surface area contributed by atoms with Gasteiger partial charge in [0.05, 0.1) is 11.5 Å². The molecule has 0 spiro atoms. The highest BCUT2D eigenvalue weighted by Gasteiger charge is 2.29. The Hall–Kier alpha value is -2.91. The average molecular weight is 500 g/mol. The highest BCUT2D eigenvalue weighted by Crippen LogP contribution is 2.23. The number of carbonyl (C=O) groups excluding carboxylic acids is 2. The number of rotatable bonds is 8. The number of benzene rings is 2. The van der Waals surface area contributed by atoms with Crippen LogP contribution in [0, 0.1) is 0 Å². The van der Waals surface area contributed by atoms with E-state index in [1.807, 2.05) is 24.3 Å². The molecule has 2 saturated heterocycles. The van der Waals surface area contributed by atoms with E-state index in [2.05, 4.69) is 11.8 Å². The molecule has 0 saturated carbocycles. The van der Waals surface area contributed by atoms with Gasteiger partial charge in [-0.15, -0.1) is 0 Å². The van der Waals surface area contributed by atoms with Crippen LogP contribution in [0.5, 0.6) is 5.75 Å². The molecule has 9 heteroatoms. The fraction of sp³-hybridized carbons (Fsp3) is 0.462. The first-order valence-corrected chi connectivity index (χ1v) is 14.0. The first kappa shape index (κ1) is 25.2. The van der Waals surface area contributed by atoms with Gasteiger partial charge in [-0.25, -0.2) is 8.42 Å². The zero-order chi connectivity index (χ0) is 25.0. The first-order chi connectivity index (χ1) is 16.7. The topological polar surface area (TPSA) is 87.2 Å². The van der Waals surface area contributed by atoms with Gasteiger partial charge < -0.3 is 19.4 Å². The Morgan fingerprint density at radius 1 is 1.03 bits per heavy atom. The fourth-order valence-corrected chi connectivity index (χ4v) is 5.28. The molecule has 188 valence electrons. The zero-order valence-corrected chi connectivity index (χ0v) is 21.2. The Morgan fingerprint density at radius 3 is 2.34 bits per heavy atom. The van der Waals surface area contributed by atoms with Gasteiger partial charge in [-0.3, -0.25) is 9.59 Å². The van der Waals surface area contributed by atoms with Crippen molar-refractivity contribution in [1.82, 2.24) is 9.80 Å². The number of ether oxygens (including phenoxy) is 1. The molecule has 4 rings (SSSR count). The minimum atomic E-state index is -3.33. The minimum absolute atomic E-state index is 0.0279. The summed E-state index contributed by atoms with van der Waals surface area (Å²) in [7, 11) is -3.33. The van der Waals surface area contributed by atoms with Crippen LogP contribution < -0.4 is 9.64 Å². The predicted molar refractivity (Wildman–Crippen MR) is 135 cm³/mol. The van der Waals surface area contributed by atoms with Gasteiger partial charge in [-0.05, 0) is 81.3 Å². The molecule has 2 aromatic carbocycles. The maximum Gasteiger partial charge on any atom is 0.254 e. The van der Waals surface area contributed by atoms with Gasteiger partial charge in [-0.1, -0.05) is 0 Å². The molecule has 2 fully saturated rings. The molecule has 8 nitrogen and oxygen atoms in total. The average Bonchev–Trinajstić information content (AvgIpc) is 3.26. The van der Waals surface area contributed by atoms with Crippen LogP contribution in [0.4, 0.5) is 5.69 Å². The first-order valence-electron chi connectivity index (χ1n) is 12.1. The van der Waals surface area contributed by atoms with Crippen LogP contribution in [0.3, 0.4) is 0 Å². The van der Waals surface area contributed by atoms with Crippen LogP contribution in [0.25, 0.3) is 0 Å². The van der Waals surface area contributed by atoms with Gasteiger partial charge in [0.1, 0.15) is 12.3 Å². The summed E-state index contributed by atoms with van der Waals surface area (Å²) in [4.78, 5) is 31.4. The van der Waals surface area contributed by atoms with Crippen molar-refractivity contribution >= 4 is 27.3 Å². The lowest BCUT2D eigenvalue weighted by Gasteiger charge is -2.34. The summed E-state index contributed by atoms with van der Waals surface area (Å²) in [5.41, 5.74) is 1.14. The van der Waals surface area contributed by atoms with Gasteiger partial charge in [-0.2, -0.15) is 0 Å². The number of anilines is 1. The van der Waals surface area contributed by atoms with Crippen molar-refractivity contribution in [2.24, 2.45) is 0 Å². The standard InChI is InChI=1S/C26H33N3O5S/c1-20-5-3-14-27(20)15-4-18-34-23-10-8-22(9-11-23)29-17-16-28(19-25(29)30)26(31)21-6-12-24(13-7-21)35(2,32)33/h6-13,20H,3-5,14-19H2,1-2H3. The third-order valence-corrected chi connectivity index (χ3v) is 7.86. The summed E-state index contributed by atoms with van der Waals surface area (Å²) < 4.78 is 29.1. The normalized spacial score (nSPS) is 19.3. The van der Waals surface area contributed by atoms with E-state index in [0.717, 1.165) is 30.7 Å².